The van der Waals surface area contributed by atoms with Crippen molar-refractivity contribution in [2.75, 3.05) is 0 Å². The molecule has 0 aromatic heterocycles. The van der Waals surface area contributed by atoms with Crippen LogP contribution in [0, 0.1) is 0 Å². The van der Waals surface area contributed by atoms with Crippen molar-refractivity contribution in [2.24, 2.45) is 0 Å². The van der Waals surface area contributed by atoms with Gasteiger partial charge in [0, 0.05) is 6.92 Å². The van der Waals surface area contributed by atoms with E-state index in [0.717, 1.165) is 5.56 Å². The minimum Gasteiger partial charge on any atom is -0.388 e. The van der Waals surface area contributed by atoms with Gasteiger partial charge in [0.25, 0.3) is 0 Å². The molecule has 1 rings (SSSR count). The fourth-order valence-electron chi connectivity index (χ4n) is 1.96. The topological polar surface area (TPSA) is 49.3 Å². The lowest BCUT2D eigenvalue weighted by molar-refractivity contribution is -0.121. The molecule has 0 unspecified atom stereocenters. The van der Waals surface area contributed by atoms with E-state index >= 15 is 0 Å². The van der Waals surface area contributed by atoms with Gasteiger partial charge >= 0.3 is 0 Å². The van der Waals surface area contributed by atoms with Crippen molar-refractivity contribution in [3.8, 4) is 0 Å². The molecule has 0 fully saturated rings. The molecular formula is C15H21NO2. The molecule has 98 valence electrons. The molecule has 0 spiro atoms. The second kappa shape index (κ2) is 6.36. The van der Waals surface area contributed by atoms with Crippen molar-refractivity contribution in [3.63, 3.8) is 0 Å². The van der Waals surface area contributed by atoms with Crippen LogP contribution in [0.4, 0.5) is 0 Å². The number of hydrogen-bond acceptors (Lipinski definition) is 2. The lowest BCUT2D eigenvalue weighted by Gasteiger charge is -2.32. The van der Waals surface area contributed by atoms with Gasteiger partial charge in [0.2, 0.25) is 5.91 Å². The van der Waals surface area contributed by atoms with Crippen LogP contribution in [0.25, 0.3) is 0 Å². The van der Waals surface area contributed by atoms with Crippen LogP contribution in [0.3, 0.4) is 0 Å². The van der Waals surface area contributed by atoms with E-state index in [1.807, 2.05) is 30.3 Å². The average Bonchev–Trinajstić information content (AvgIpc) is 2.29. The Morgan fingerprint density at radius 2 is 2.11 bits per heavy atom. The molecule has 0 aliphatic heterocycles. The standard InChI is InChI=1S/C15H21NO2/c1-4-10-15(3,18)14(16-12(2)17)11-13-8-6-5-7-9-13/h4-9,14,18H,1,10-11H2,2-3H3,(H,16,17)/t14-,15+/m0/s1. The van der Waals surface area contributed by atoms with E-state index in [-0.39, 0.29) is 11.9 Å². The zero-order chi connectivity index (χ0) is 13.6. The first-order chi connectivity index (χ1) is 8.45. The molecule has 0 bridgehead atoms. The van der Waals surface area contributed by atoms with Crippen molar-refractivity contribution in [2.45, 2.75) is 38.3 Å². The summed E-state index contributed by atoms with van der Waals surface area (Å²) in [5, 5.41) is 13.2. The van der Waals surface area contributed by atoms with Gasteiger partial charge in [-0.15, -0.1) is 6.58 Å². The van der Waals surface area contributed by atoms with E-state index < -0.39 is 5.60 Å². The molecule has 0 aliphatic rings. The Balaban J connectivity index is 2.84. The van der Waals surface area contributed by atoms with Crippen molar-refractivity contribution in [1.82, 2.24) is 5.32 Å². The van der Waals surface area contributed by atoms with E-state index in [9.17, 15) is 9.90 Å². The summed E-state index contributed by atoms with van der Waals surface area (Å²) in [6.07, 6.45) is 2.70. The minimum absolute atomic E-state index is 0.139. The molecule has 0 aliphatic carbocycles. The van der Waals surface area contributed by atoms with Gasteiger partial charge in [-0.25, -0.2) is 0 Å². The van der Waals surface area contributed by atoms with Crippen LogP contribution in [-0.2, 0) is 11.2 Å². The summed E-state index contributed by atoms with van der Waals surface area (Å²) in [5.41, 5.74) is 0.0871. The molecule has 2 atom stereocenters. The molecule has 1 amide bonds. The maximum absolute atomic E-state index is 11.2. The van der Waals surface area contributed by atoms with E-state index in [4.69, 9.17) is 0 Å². The van der Waals surface area contributed by atoms with Crippen LogP contribution in [0.5, 0.6) is 0 Å². The van der Waals surface area contributed by atoms with Gasteiger partial charge in [-0.1, -0.05) is 36.4 Å². The average molecular weight is 247 g/mol. The Kier molecular flexibility index (Phi) is 5.10. The molecule has 0 radical (unpaired) electrons. The summed E-state index contributed by atoms with van der Waals surface area (Å²) in [6.45, 7) is 6.82. The fourth-order valence-corrected chi connectivity index (χ4v) is 1.96. The Hall–Kier alpha value is -1.61. The number of nitrogens with one attached hydrogen (secondary N) is 1. The van der Waals surface area contributed by atoms with Gasteiger partial charge < -0.3 is 10.4 Å². The highest BCUT2D eigenvalue weighted by atomic mass is 16.3. The summed E-state index contributed by atoms with van der Waals surface area (Å²) in [6, 6.07) is 9.48. The molecule has 0 heterocycles. The van der Waals surface area contributed by atoms with Crippen molar-refractivity contribution < 1.29 is 9.90 Å². The third kappa shape index (κ3) is 4.34. The lowest BCUT2D eigenvalue weighted by atomic mass is 9.88. The van der Waals surface area contributed by atoms with E-state index in [1.165, 1.54) is 6.92 Å². The first-order valence-corrected chi connectivity index (χ1v) is 6.10. The second-order valence-electron chi connectivity index (χ2n) is 4.79. The molecule has 18 heavy (non-hydrogen) atoms. The monoisotopic (exact) mass is 247 g/mol. The molecule has 0 saturated carbocycles. The lowest BCUT2D eigenvalue weighted by Crippen LogP contribution is -2.51. The van der Waals surface area contributed by atoms with Gasteiger partial charge in [-0.3, -0.25) is 4.79 Å². The molecular weight excluding hydrogens is 226 g/mol. The largest absolute Gasteiger partial charge is 0.388 e. The Bertz CT molecular complexity index is 398. The predicted molar refractivity (Wildman–Crippen MR) is 73.2 cm³/mol. The molecule has 3 nitrogen and oxygen atoms in total. The number of amides is 1. The van der Waals surface area contributed by atoms with Crippen LogP contribution >= 0.6 is 0 Å². The maximum Gasteiger partial charge on any atom is 0.217 e. The third-order valence-corrected chi connectivity index (χ3v) is 2.97. The normalized spacial score (nSPS) is 15.5. The zero-order valence-corrected chi connectivity index (χ0v) is 11.0. The van der Waals surface area contributed by atoms with E-state index in [0.29, 0.717) is 12.8 Å². The highest BCUT2D eigenvalue weighted by molar-refractivity contribution is 5.73. The zero-order valence-electron chi connectivity index (χ0n) is 11.0. The second-order valence-corrected chi connectivity index (χ2v) is 4.79. The summed E-state index contributed by atoms with van der Waals surface area (Å²) in [4.78, 5) is 11.2. The maximum atomic E-state index is 11.2. The van der Waals surface area contributed by atoms with Crippen LogP contribution in [0.1, 0.15) is 25.8 Å². The number of rotatable bonds is 6. The third-order valence-electron chi connectivity index (χ3n) is 2.97. The number of benzene rings is 1. The predicted octanol–water partition coefficient (Wildman–Crippen LogP) is 2.06. The Morgan fingerprint density at radius 1 is 1.50 bits per heavy atom. The van der Waals surface area contributed by atoms with Crippen molar-refractivity contribution in [3.05, 3.63) is 48.6 Å². The minimum atomic E-state index is -0.997. The first kappa shape index (κ1) is 14.5. The highest BCUT2D eigenvalue weighted by Gasteiger charge is 2.31. The first-order valence-electron chi connectivity index (χ1n) is 6.10. The number of carbonyl (C=O) groups is 1. The van der Waals surface area contributed by atoms with Gasteiger partial charge in [0.05, 0.1) is 11.6 Å². The van der Waals surface area contributed by atoms with Crippen LogP contribution in [0.15, 0.2) is 43.0 Å². The molecule has 2 N–H and O–H groups in total. The Labute approximate surface area is 109 Å². The van der Waals surface area contributed by atoms with Crippen LogP contribution < -0.4 is 5.32 Å². The van der Waals surface area contributed by atoms with E-state index in [1.54, 1.807) is 13.0 Å². The molecule has 0 saturated heterocycles. The molecule has 1 aromatic rings. The highest BCUT2D eigenvalue weighted by Crippen LogP contribution is 2.19. The van der Waals surface area contributed by atoms with Crippen molar-refractivity contribution in [1.29, 1.82) is 0 Å². The van der Waals surface area contributed by atoms with Crippen LogP contribution in [-0.4, -0.2) is 22.7 Å². The van der Waals surface area contributed by atoms with Gasteiger partial charge in [0.1, 0.15) is 0 Å². The van der Waals surface area contributed by atoms with Gasteiger partial charge in [-0.05, 0) is 25.3 Å². The summed E-state index contributed by atoms with van der Waals surface area (Å²) in [7, 11) is 0. The number of aliphatic hydroxyl groups is 1. The summed E-state index contributed by atoms with van der Waals surface area (Å²) < 4.78 is 0. The number of hydrogen-bond donors (Lipinski definition) is 2. The quantitative estimate of drug-likeness (QED) is 0.756. The summed E-state index contributed by atoms with van der Waals surface area (Å²) in [5.74, 6) is -0.139. The van der Waals surface area contributed by atoms with Crippen LogP contribution in [0.2, 0.25) is 0 Å². The fraction of sp³-hybridized carbons (Fsp3) is 0.400. The molecule has 3 heteroatoms. The smallest absolute Gasteiger partial charge is 0.217 e. The van der Waals surface area contributed by atoms with Gasteiger partial charge in [-0.2, -0.15) is 0 Å². The Morgan fingerprint density at radius 3 is 2.61 bits per heavy atom. The number of carbonyl (C=O) groups excluding carboxylic acids is 1. The van der Waals surface area contributed by atoms with Crippen molar-refractivity contribution >= 4 is 5.91 Å². The van der Waals surface area contributed by atoms with E-state index in [2.05, 4.69) is 11.9 Å². The SMILES string of the molecule is C=CC[C@@](C)(O)[C@H](Cc1ccccc1)NC(C)=O. The summed E-state index contributed by atoms with van der Waals surface area (Å²) >= 11 is 0. The molecule has 1 aromatic carbocycles. The van der Waals surface area contributed by atoms with Gasteiger partial charge in [0.15, 0.2) is 0 Å².